The van der Waals surface area contributed by atoms with Gasteiger partial charge in [-0.15, -0.1) is 0 Å². The van der Waals surface area contributed by atoms with E-state index in [1.807, 2.05) is 12.2 Å². The van der Waals surface area contributed by atoms with E-state index < -0.39 is 35.7 Å². The number of hydrogen-bond acceptors (Lipinski definition) is 6. The predicted molar refractivity (Wildman–Crippen MR) is 126 cm³/mol. The molecule has 1 unspecified atom stereocenters. The Balaban J connectivity index is 1.79. The number of nitrogens with zero attached hydrogens (tertiary/aromatic N) is 1. The van der Waals surface area contributed by atoms with Crippen LogP contribution in [0.1, 0.15) is 53.4 Å². The third-order valence-electron chi connectivity index (χ3n) is 6.93. The molecule has 0 aromatic rings. The fourth-order valence-electron chi connectivity index (χ4n) is 4.91. The molecule has 2 N–H and O–H groups in total. The smallest absolute Gasteiger partial charge is 0.410 e. The molecule has 0 aromatic heterocycles. The van der Waals surface area contributed by atoms with E-state index in [4.69, 9.17) is 9.47 Å². The van der Waals surface area contributed by atoms with Crippen molar-refractivity contribution >= 4 is 23.9 Å². The summed E-state index contributed by atoms with van der Waals surface area (Å²) in [5.74, 6) is -1.53. The number of ether oxygens (including phenoxy) is 2. The van der Waals surface area contributed by atoms with Crippen molar-refractivity contribution in [3.05, 3.63) is 24.3 Å². The van der Waals surface area contributed by atoms with Crippen molar-refractivity contribution in [2.75, 3.05) is 20.2 Å². The van der Waals surface area contributed by atoms with Crippen LogP contribution in [0.3, 0.4) is 0 Å². The van der Waals surface area contributed by atoms with Gasteiger partial charge in [-0.25, -0.2) is 9.59 Å². The molecule has 0 radical (unpaired) electrons. The van der Waals surface area contributed by atoms with Crippen molar-refractivity contribution in [1.82, 2.24) is 15.5 Å². The fourth-order valence-corrected chi connectivity index (χ4v) is 4.91. The van der Waals surface area contributed by atoms with Crippen molar-refractivity contribution in [2.24, 2.45) is 17.3 Å². The van der Waals surface area contributed by atoms with Crippen LogP contribution in [-0.2, 0) is 23.9 Å². The van der Waals surface area contributed by atoms with Crippen LogP contribution >= 0.6 is 0 Å². The number of methoxy groups -OCH3 is 1. The van der Waals surface area contributed by atoms with E-state index in [1.165, 1.54) is 12.0 Å². The molecule has 34 heavy (non-hydrogen) atoms. The summed E-state index contributed by atoms with van der Waals surface area (Å²) in [4.78, 5) is 52.4. The Kier molecular flexibility index (Phi) is 7.73. The average molecular weight is 476 g/mol. The van der Waals surface area contributed by atoms with E-state index in [0.717, 1.165) is 6.42 Å². The van der Waals surface area contributed by atoms with Gasteiger partial charge in [-0.2, -0.15) is 0 Å². The maximum atomic E-state index is 13.4. The van der Waals surface area contributed by atoms with Gasteiger partial charge in [0, 0.05) is 19.0 Å². The Morgan fingerprint density at radius 2 is 2.03 bits per heavy atom. The molecule has 9 heteroatoms. The minimum absolute atomic E-state index is 0.0363. The lowest BCUT2D eigenvalue weighted by Crippen LogP contribution is -2.52. The molecule has 0 spiro atoms. The summed E-state index contributed by atoms with van der Waals surface area (Å²) in [6.07, 6.45) is 9.64. The van der Waals surface area contributed by atoms with Gasteiger partial charge >= 0.3 is 12.1 Å². The summed E-state index contributed by atoms with van der Waals surface area (Å²) in [5, 5.41) is 5.51. The van der Waals surface area contributed by atoms with Gasteiger partial charge in [-0.1, -0.05) is 31.2 Å². The number of likely N-dealkylation sites (tertiary alicyclic amines) is 1. The largest absolute Gasteiger partial charge is 0.467 e. The van der Waals surface area contributed by atoms with Gasteiger partial charge in [0.15, 0.2) is 0 Å². The molecule has 2 aliphatic heterocycles. The number of rotatable bonds is 6. The Morgan fingerprint density at radius 1 is 1.29 bits per heavy atom. The number of hydrogen-bond donors (Lipinski definition) is 2. The standard InChI is InChI=1S/C25H37N3O6/c1-24(2,3)34-23(32)28-15-17(25(4)10-7-6-8-11-25)14-19(28)21(30)27-18(22(31)33-5)13-16-9-12-26-20(16)29/h6-8,10,16-19H,9,11-15H2,1-5H3,(H,26,29)(H,27,30)/t16-,17+,18-,19-,25?/m0/s1. The number of nitrogens with one attached hydrogen (secondary N) is 2. The first-order valence-electron chi connectivity index (χ1n) is 11.9. The third-order valence-corrected chi connectivity index (χ3v) is 6.93. The van der Waals surface area contributed by atoms with Gasteiger partial charge in [-0.05, 0) is 57.8 Å². The van der Waals surface area contributed by atoms with Gasteiger partial charge in [0.2, 0.25) is 11.8 Å². The molecule has 2 fully saturated rings. The maximum absolute atomic E-state index is 13.4. The van der Waals surface area contributed by atoms with Crippen molar-refractivity contribution in [3.63, 3.8) is 0 Å². The summed E-state index contributed by atoms with van der Waals surface area (Å²) in [7, 11) is 1.25. The molecule has 3 amide bonds. The molecule has 9 nitrogen and oxygen atoms in total. The molecule has 2 heterocycles. The van der Waals surface area contributed by atoms with Crippen molar-refractivity contribution in [1.29, 1.82) is 0 Å². The lowest BCUT2D eigenvalue weighted by atomic mass is 9.72. The Bertz CT molecular complexity index is 876. The van der Waals surface area contributed by atoms with Crippen LogP contribution in [0, 0.1) is 17.3 Å². The van der Waals surface area contributed by atoms with Crippen LogP contribution in [0.2, 0.25) is 0 Å². The summed E-state index contributed by atoms with van der Waals surface area (Å²) >= 11 is 0. The van der Waals surface area contributed by atoms with Crippen molar-refractivity contribution < 1.29 is 28.7 Å². The van der Waals surface area contributed by atoms with Gasteiger partial charge in [0.25, 0.3) is 0 Å². The third kappa shape index (κ3) is 5.98. The highest BCUT2D eigenvalue weighted by Crippen LogP contribution is 2.43. The zero-order valence-electron chi connectivity index (χ0n) is 20.8. The van der Waals surface area contributed by atoms with E-state index in [2.05, 4.69) is 29.7 Å². The first-order valence-corrected chi connectivity index (χ1v) is 11.9. The normalized spacial score (nSPS) is 29.5. The number of carbonyl (C=O) groups excluding carboxylic acids is 4. The van der Waals surface area contributed by atoms with Gasteiger partial charge in [0.05, 0.1) is 7.11 Å². The Morgan fingerprint density at radius 3 is 2.59 bits per heavy atom. The minimum Gasteiger partial charge on any atom is -0.467 e. The summed E-state index contributed by atoms with van der Waals surface area (Å²) in [5.41, 5.74) is -0.911. The van der Waals surface area contributed by atoms with Gasteiger partial charge in [-0.3, -0.25) is 14.5 Å². The lowest BCUT2D eigenvalue weighted by molar-refractivity contribution is -0.146. The maximum Gasteiger partial charge on any atom is 0.410 e. The van der Waals surface area contributed by atoms with Gasteiger partial charge in [0.1, 0.15) is 17.7 Å². The Hall–Kier alpha value is -2.84. The van der Waals surface area contributed by atoms with Crippen LogP contribution < -0.4 is 10.6 Å². The first-order chi connectivity index (χ1) is 15.9. The molecule has 1 aliphatic carbocycles. The zero-order chi connectivity index (χ0) is 25.1. The number of allylic oxidation sites excluding steroid dienone is 4. The monoisotopic (exact) mass is 475 g/mol. The van der Waals surface area contributed by atoms with E-state index in [1.54, 1.807) is 20.8 Å². The molecule has 2 saturated heterocycles. The molecule has 188 valence electrons. The number of esters is 1. The average Bonchev–Trinajstić information content (AvgIpc) is 3.39. The lowest BCUT2D eigenvalue weighted by Gasteiger charge is -2.33. The topological polar surface area (TPSA) is 114 Å². The molecular formula is C25H37N3O6. The predicted octanol–water partition coefficient (Wildman–Crippen LogP) is 2.32. The molecule has 3 aliphatic rings. The summed E-state index contributed by atoms with van der Waals surface area (Å²) in [6, 6.07) is -1.76. The Labute approximate surface area is 201 Å². The molecule has 5 atom stereocenters. The van der Waals surface area contributed by atoms with Gasteiger partial charge < -0.3 is 20.1 Å². The van der Waals surface area contributed by atoms with E-state index in [9.17, 15) is 19.2 Å². The number of carbonyl (C=O) groups is 4. The fraction of sp³-hybridized carbons (Fsp3) is 0.680. The zero-order valence-corrected chi connectivity index (χ0v) is 20.8. The van der Waals surface area contributed by atoms with Crippen LogP contribution in [-0.4, -0.2) is 66.7 Å². The quantitative estimate of drug-likeness (QED) is 0.570. The molecular weight excluding hydrogens is 438 g/mol. The van der Waals surface area contributed by atoms with E-state index in [0.29, 0.717) is 25.9 Å². The molecule has 0 saturated carbocycles. The second-order valence-corrected chi connectivity index (χ2v) is 10.7. The highest BCUT2D eigenvalue weighted by Gasteiger charge is 2.48. The van der Waals surface area contributed by atoms with Crippen molar-refractivity contribution in [2.45, 2.75) is 71.1 Å². The second-order valence-electron chi connectivity index (χ2n) is 10.7. The summed E-state index contributed by atoms with van der Waals surface area (Å²) in [6.45, 7) is 8.38. The second kappa shape index (κ2) is 10.2. The van der Waals surface area contributed by atoms with E-state index >= 15 is 0 Å². The summed E-state index contributed by atoms with van der Waals surface area (Å²) < 4.78 is 10.5. The van der Waals surface area contributed by atoms with Crippen LogP contribution in [0.15, 0.2) is 24.3 Å². The molecule has 3 rings (SSSR count). The minimum atomic E-state index is -0.973. The SMILES string of the molecule is COC(=O)[C@H](C[C@@H]1CCNC1=O)NC(=O)[C@@H]1C[C@@H](C2(C)C=CC=CC2)CN1C(=O)OC(C)(C)C. The van der Waals surface area contributed by atoms with Crippen LogP contribution in [0.4, 0.5) is 4.79 Å². The molecule has 0 aromatic carbocycles. The highest BCUT2D eigenvalue weighted by atomic mass is 16.6. The van der Waals surface area contributed by atoms with E-state index in [-0.39, 0.29) is 29.6 Å². The number of amides is 3. The van der Waals surface area contributed by atoms with Crippen LogP contribution in [0.25, 0.3) is 0 Å². The van der Waals surface area contributed by atoms with Crippen LogP contribution in [0.5, 0.6) is 0 Å². The van der Waals surface area contributed by atoms with Crippen molar-refractivity contribution in [3.8, 4) is 0 Å². The molecule has 0 bridgehead atoms. The highest BCUT2D eigenvalue weighted by molar-refractivity contribution is 5.90. The first kappa shape index (κ1) is 25.8.